The number of hydrogen-bond donors (Lipinski definition) is 0. The van der Waals surface area contributed by atoms with Crippen LogP contribution in [0.5, 0.6) is 0 Å². The number of nitro groups is 1. The van der Waals surface area contributed by atoms with Gasteiger partial charge in [-0.2, -0.15) is 0 Å². The molecule has 0 N–H and O–H groups in total. The number of aromatic nitrogens is 1. The Balaban J connectivity index is 1.72. The third kappa shape index (κ3) is 4.14. The second kappa shape index (κ2) is 8.79. The zero-order valence-electron chi connectivity index (χ0n) is 18.7. The van der Waals surface area contributed by atoms with Gasteiger partial charge in [0.05, 0.1) is 22.3 Å². The number of nitrogens with zero attached hydrogens (tertiary/aromatic N) is 3. The monoisotopic (exact) mass is 455 g/mol. The third-order valence-electron chi connectivity index (χ3n) is 6.33. The molecule has 6 heteroatoms. The Morgan fingerprint density at radius 1 is 1.06 bits per heavy atom. The predicted molar refractivity (Wildman–Crippen MR) is 133 cm³/mol. The van der Waals surface area contributed by atoms with Gasteiger partial charge in [-0.25, -0.2) is 4.99 Å². The average molecular weight is 456 g/mol. The molecule has 0 fully saturated rings. The lowest BCUT2D eigenvalue weighted by atomic mass is 9.87. The van der Waals surface area contributed by atoms with E-state index in [2.05, 4.69) is 66.3 Å². The third-order valence-corrected chi connectivity index (χ3v) is 7.17. The minimum absolute atomic E-state index is 0.101. The summed E-state index contributed by atoms with van der Waals surface area (Å²) in [7, 11) is 0. The molecule has 166 valence electrons. The van der Waals surface area contributed by atoms with Gasteiger partial charge in [0.15, 0.2) is 4.80 Å². The number of fused-ring (bicyclic) bond motifs is 1. The Bertz CT molecular complexity index is 1400. The molecule has 3 aromatic carbocycles. The van der Waals surface area contributed by atoms with Crippen LogP contribution in [0.2, 0.25) is 0 Å². The molecule has 0 saturated heterocycles. The topological polar surface area (TPSA) is 60.4 Å². The highest BCUT2D eigenvalue weighted by Gasteiger charge is 2.25. The van der Waals surface area contributed by atoms with Crippen molar-refractivity contribution in [3.05, 3.63) is 109 Å². The van der Waals surface area contributed by atoms with E-state index in [1.165, 1.54) is 16.7 Å². The lowest BCUT2D eigenvalue weighted by Crippen LogP contribution is -2.26. The van der Waals surface area contributed by atoms with Crippen LogP contribution in [0.4, 0.5) is 11.4 Å². The number of aryl methyl sites for hydroxylation is 3. The molecule has 1 unspecified atom stereocenters. The van der Waals surface area contributed by atoms with E-state index in [1.54, 1.807) is 23.5 Å². The van der Waals surface area contributed by atoms with E-state index in [4.69, 9.17) is 4.99 Å². The van der Waals surface area contributed by atoms with Gasteiger partial charge in [0.2, 0.25) is 0 Å². The Morgan fingerprint density at radius 2 is 1.85 bits per heavy atom. The molecule has 0 aliphatic heterocycles. The summed E-state index contributed by atoms with van der Waals surface area (Å²) in [5.41, 5.74) is 8.17. The van der Waals surface area contributed by atoms with Gasteiger partial charge in [0.25, 0.3) is 5.69 Å². The van der Waals surface area contributed by atoms with Crippen LogP contribution in [0.3, 0.4) is 0 Å². The van der Waals surface area contributed by atoms with Crippen LogP contribution in [0.25, 0.3) is 11.3 Å². The Morgan fingerprint density at radius 3 is 2.61 bits per heavy atom. The van der Waals surface area contributed by atoms with E-state index in [9.17, 15) is 10.1 Å². The highest BCUT2D eigenvalue weighted by molar-refractivity contribution is 7.07. The summed E-state index contributed by atoms with van der Waals surface area (Å²) < 4.78 is 2.34. The highest BCUT2D eigenvalue weighted by Crippen LogP contribution is 2.36. The van der Waals surface area contributed by atoms with E-state index < -0.39 is 0 Å². The molecular formula is C27H25N3O2S. The van der Waals surface area contributed by atoms with Crippen molar-refractivity contribution in [2.45, 2.75) is 39.2 Å². The second-order valence-electron chi connectivity index (χ2n) is 8.59. The van der Waals surface area contributed by atoms with E-state index in [1.807, 2.05) is 12.1 Å². The normalized spacial score (nSPS) is 15.9. The van der Waals surface area contributed by atoms with Gasteiger partial charge in [0, 0.05) is 17.5 Å². The lowest BCUT2D eigenvalue weighted by molar-refractivity contribution is -0.384. The first kappa shape index (κ1) is 21.3. The first-order valence-electron chi connectivity index (χ1n) is 11.2. The molecule has 0 spiro atoms. The first-order chi connectivity index (χ1) is 16.0. The zero-order valence-corrected chi connectivity index (χ0v) is 19.5. The van der Waals surface area contributed by atoms with Crippen molar-refractivity contribution in [1.82, 2.24) is 4.57 Å². The summed E-state index contributed by atoms with van der Waals surface area (Å²) in [6, 6.07) is 22.0. The van der Waals surface area contributed by atoms with Gasteiger partial charge in [-0.05, 0) is 73.6 Å². The van der Waals surface area contributed by atoms with Crippen LogP contribution in [0.15, 0.2) is 77.1 Å². The fraction of sp³-hybridized carbons (Fsp3) is 0.222. The SMILES string of the molecule is Cc1ccc(N=c2scc(-c3ccc([N+](=O)[O-])cc3)n2C2CCCc3ccccc32)c(C)c1. The van der Waals surface area contributed by atoms with E-state index >= 15 is 0 Å². The van der Waals surface area contributed by atoms with Crippen molar-refractivity contribution < 1.29 is 4.92 Å². The van der Waals surface area contributed by atoms with E-state index in [-0.39, 0.29) is 16.7 Å². The number of nitro benzene ring substituents is 1. The molecule has 0 radical (unpaired) electrons. The maximum atomic E-state index is 11.2. The van der Waals surface area contributed by atoms with Gasteiger partial charge in [-0.1, -0.05) is 42.0 Å². The molecule has 1 atom stereocenters. The van der Waals surface area contributed by atoms with E-state index in [0.29, 0.717) is 0 Å². The Kier molecular flexibility index (Phi) is 5.68. The Labute approximate surface area is 196 Å². The van der Waals surface area contributed by atoms with Crippen LogP contribution < -0.4 is 4.80 Å². The van der Waals surface area contributed by atoms with Gasteiger partial charge in [0.1, 0.15) is 0 Å². The predicted octanol–water partition coefficient (Wildman–Crippen LogP) is 6.90. The fourth-order valence-corrected chi connectivity index (χ4v) is 5.65. The van der Waals surface area contributed by atoms with Gasteiger partial charge >= 0.3 is 0 Å². The summed E-state index contributed by atoms with van der Waals surface area (Å²) in [6.45, 7) is 4.19. The van der Waals surface area contributed by atoms with Crippen LogP contribution in [-0.2, 0) is 6.42 Å². The number of thiazole rings is 1. The molecule has 1 aliphatic carbocycles. The minimum Gasteiger partial charge on any atom is -0.309 e. The van der Waals surface area contributed by atoms with Crippen molar-refractivity contribution in [1.29, 1.82) is 0 Å². The van der Waals surface area contributed by atoms with E-state index in [0.717, 1.165) is 46.6 Å². The van der Waals surface area contributed by atoms with Gasteiger partial charge < -0.3 is 4.57 Å². The van der Waals surface area contributed by atoms with Crippen LogP contribution in [-0.4, -0.2) is 9.49 Å². The van der Waals surface area contributed by atoms with Gasteiger partial charge in [-0.3, -0.25) is 10.1 Å². The number of benzene rings is 3. The van der Waals surface area contributed by atoms with Crippen molar-refractivity contribution in [3.63, 3.8) is 0 Å². The van der Waals surface area contributed by atoms with Crippen molar-refractivity contribution in [3.8, 4) is 11.3 Å². The van der Waals surface area contributed by atoms with Crippen molar-refractivity contribution in [2.75, 3.05) is 0 Å². The summed E-state index contributed by atoms with van der Waals surface area (Å²) >= 11 is 1.62. The summed E-state index contributed by atoms with van der Waals surface area (Å²) in [6.07, 6.45) is 3.24. The first-order valence-corrected chi connectivity index (χ1v) is 12.0. The van der Waals surface area contributed by atoms with Crippen molar-refractivity contribution >= 4 is 22.7 Å². The molecule has 0 bridgehead atoms. The van der Waals surface area contributed by atoms with Crippen LogP contribution >= 0.6 is 11.3 Å². The van der Waals surface area contributed by atoms with Crippen LogP contribution in [0.1, 0.15) is 41.1 Å². The lowest BCUT2D eigenvalue weighted by Gasteiger charge is -2.28. The second-order valence-corrected chi connectivity index (χ2v) is 9.42. The molecule has 1 aliphatic rings. The van der Waals surface area contributed by atoms with Gasteiger partial charge in [-0.15, -0.1) is 11.3 Å². The molecule has 0 amide bonds. The van der Waals surface area contributed by atoms with Crippen LogP contribution in [0, 0.1) is 24.0 Å². The average Bonchev–Trinajstić information content (AvgIpc) is 3.24. The maximum Gasteiger partial charge on any atom is 0.269 e. The fourth-order valence-electron chi connectivity index (χ4n) is 4.70. The molecule has 1 aromatic heterocycles. The molecule has 4 aromatic rings. The molecule has 1 heterocycles. The standard InChI is InChI=1S/C27H25N3O2S/c1-18-10-15-24(19(2)16-18)28-27-29(25-9-5-7-20-6-3-4-8-23(20)25)26(17-33-27)21-11-13-22(14-12-21)30(31)32/h3-4,6,8,10-17,25H,5,7,9H2,1-2H3. The molecule has 5 nitrogen and oxygen atoms in total. The largest absolute Gasteiger partial charge is 0.309 e. The smallest absolute Gasteiger partial charge is 0.269 e. The number of non-ortho nitro benzene ring substituents is 1. The molecule has 5 rings (SSSR count). The summed E-state index contributed by atoms with van der Waals surface area (Å²) in [5.74, 6) is 0. The highest BCUT2D eigenvalue weighted by atomic mass is 32.1. The zero-order chi connectivity index (χ0) is 22.9. The number of rotatable bonds is 4. The quantitative estimate of drug-likeness (QED) is 0.248. The maximum absolute atomic E-state index is 11.2. The minimum atomic E-state index is -0.357. The van der Waals surface area contributed by atoms with Crippen molar-refractivity contribution in [2.24, 2.45) is 4.99 Å². The molecular weight excluding hydrogens is 430 g/mol. The molecule has 33 heavy (non-hydrogen) atoms. The summed E-state index contributed by atoms with van der Waals surface area (Å²) in [5, 5.41) is 13.3. The Hall–Kier alpha value is -3.51. The number of hydrogen-bond acceptors (Lipinski definition) is 4. The molecule has 0 saturated carbocycles. The summed E-state index contributed by atoms with van der Waals surface area (Å²) in [4.78, 5) is 16.8.